The Bertz CT molecular complexity index is 1250. The van der Waals surface area contributed by atoms with Crippen molar-refractivity contribution >= 4 is 11.9 Å². The fraction of sp³-hybridized carbons (Fsp3) is 0.833. The Morgan fingerprint density at radius 1 is 0.540 bits per heavy atom. The summed E-state index contributed by atoms with van der Waals surface area (Å²) in [5.74, 6) is -51.7. The van der Waals surface area contributed by atoms with Crippen LogP contribution in [0.15, 0.2) is 10.2 Å². The highest BCUT2D eigenvalue weighted by atomic mass is 19.4. The number of azo groups is 1. The monoisotopic (exact) mass is 770 g/mol. The molecule has 0 bridgehead atoms. The van der Waals surface area contributed by atoms with Crippen molar-refractivity contribution < 1.29 is 98.8 Å². The number of hydrogen-bond donors (Lipinski definition) is 0. The first-order chi connectivity index (χ1) is 21.9. The van der Waals surface area contributed by atoms with Gasteiger partial charge in [-0.05, 0) is 39.5 Å². The number of carboxylic acids is 2. The third-order valence-corrected chi connectivity index (χ3v) is 6.96. The van der Waals surface area contributed by atoms with Gasteiger partial charge in [-0.15, -0.1) is 0 Å². The summed E-state index contributed by atoms with van der Waals surface area (Å²) in [5, 5.41) is 48.0. The number of carbonyl (C=O) groups is 2. The van der Waals surface area contributed by atoms with Gasteiger partial charge < -0.3 is 19.8 Å². The van der Waals surface area contributed by atoms with Crippen molar-refractivity contribution in [1.82, 2.24) is 0 Å². The molecule has 26 heteroatoms. The van der Waals surface area contributed by atoms with Crippen molar-refractivity contribution in [2.75, 3.05) is 0 Å². The van der Waals surface area contributed by atoms with Gasteiger partial charge in [0.2, 0.25) is 0 Å². The summed E-state index contributed by atoms with van der Waals surface area (Å²) in [6.07, 6.45) is -26.6. The van der Waals surface area contributed by atoms with E-state index >= 15 is 0 Å². The molecule has 0 spiro atoms. The van der Waals surface area contributed by atoms with E-state index in [-0.39, 0.29) is 0 Å². The Kier molecular flexibility index (Phi) is 13.4. The summed E-state index contributed by atoms with van der Waals surface area (Å²) >= 11 is 0. The fourth-order valence-electron chi connectivity index (χ4n) is 3.84. The van der Waals surface area contributed by atoms with Gasteiger partial charge in [-0.1, -0.05) is 0 Å². The van der Waals surface area contributed by atoms with Crippen LogP contribution >= 0.6 is 0 Å². The summed E-state index contributed by atoms with van der Waals surface area (Å²) in [5.41, 5.74) is -5.46. The molecule has 0 aromatic rings. The Labute approximate surface area is 267 Å². The first-order valence-corrected chi connectivity index (χ1v) is 12.9. The molecule has 0 fully saturated rings. The van der Waals surface area contributed by atoms with Crippen LogP contribution in [-0.4, -0.2) is 70.9 Å². The third-order valence-electron chi connectivity index (χ3n) is 6.96. The van der Waals surface area contributed by atoms with Gasteiger partial charge in [0.05, 0.1) is 12.1 Å². The normalized spacial score (nSPS) is 18.0. The number of nitriles is 2. The lowest BCUT2D eigenvalue weighted by molar-refractivity contribution is -0.397. The SMILES string of the molecule is CC(C#N)(CC(CCC(F)(F)C(F)(F)C(F)(F)C(F)(F)F)C(=O)[O-])N=NC(C)(C#N)CC(CCC(F)(F)C(F)(F)C(F)(F)C(F)(F)F)C(=O)[O-]. The van der Waals surface area contributed by atoms with Gasteiger partial charge in [0.15, 0.2) is 11.1 Å². The summed E-state index contributed by atoms with van der Waals surface area (Å²) in [7, 11) is 0. The topological polar surface area (TPSA) is 153 Å². The summed E-state index contributed by atoms with van der Waals surface area (Å²) in [6, 6.07) is 2.31. The first kappa shape index (κ1) is 46.3. The molecule has 0 saturated heterocycles. The van der Waals surface area contributed by atoms with Crippen LogP contribution in [0, 0.1) is 34.5 Å². The maximum absolute atomic E-state index is 13.9. The molecule has 0 N–H and O–H groups in total. The van der Waals surface area contributed by atoms with E-state index in [1.54, 1.807) is 0 Å². The zero-order valence-electron chi connectivity index (χ0n) is 24.6. The minimum Gasteiger partial charge on any atom is -0.550 e. The van der Waals surface area contributed by atoms with Crippen molar-refractivity contribution in [2.24, 2.45) is 22.1 Å². The van der Waals surface area contributed by atoms with E-state index in [0.29, 0.717) is 13.8 Å². The third kappa shape index (κ3) is 9.52. The molecule has 0 saturated carbocycles. The number of carbonyl (C=O) groups excluding carboxylic acids is 2. The number of halogens is 18. The van der Waals surface area contributed by atoms with Gasteiger partial charge in [-0.3, -0.25) is 0 Å². The molecule has 0 aliphatic heterocycles. The highest BCUT2D eigenvalue weighted by Gasteiger charge is 2.82. The van der Waals surface area contributed by atoms with Crippen LogP contribution in [0.5, 0.6) is 0 Å². The largest absolute Gasteiger partial charge is 0.550 e. The average Bonchev–Trinajstić information content (AvgIpc) is 2.94. The number of aliphatic carboxylic acids is 2. The fourth-order valence-corrected chi connectivity index (χ4v) is 3.84. The molecule has 288 valence electrons. The van der Waals surface area contributed by atoms with Crippen LogP contribution in [0.2, 0.25) is 0 Å². The van der Waals surface area contributed by atoms with Crippen LogP contribution < -0.4 is 10.2 Å². The van der Waals surface area contributed by atoms with E-state index in [9.17, 15) is 109 Å². The second-order valence-corrected chi connectivity index (χ2v) is 11.2. The molecular formula is C24H20F18N4O4-2. The van der Waals surface area contributed by atoms with Crippen LogP contribution in [0.3, 0.4) is 0 Å². The van der Waals surface area contributed by atoms with Crippen molar-refractivity contribution in [3.05, 3.63) is 0 Å². The van der Waals surface area contributed by atoms with Gasteiger partial charge >= 0.3 is 47.9 Å². The lowest BCUT2D eigenvalue weighted by Crippen LogP contribution is -2.61. The van der Waals surface area contributed by atoms with Crippen molar-refractivity contribution in [1.29, 1.82) is 10.5 Å². The highest BCUT2D eigenvalue weighted by Crippen LogP contribution is 2.56. The van der Waals surface area contributed by atoms with Crippen LogP contribution in [0.4, 0.5) is 79.0 Å². The standard InChI is InChI=1S/C24H22F18N4O4/c1-15(9-43,7-11(13(47)48)3-5-17(25,26)19(29,30)21(33,34)23(37,38)39)45-46-16(2,10-44)8-12(14(49)50)4-6-18(27,28)20(31,32)22(35,36)24(40,41)42/h11-12H,3-8H2,1-2H3,(H,47,48)(H,49,50)/p-2. The molecule has 0 aromatic carbocycles. The minimum atomic E-state index is -7.33. The highest BCUT2D eigenvalue weighted by molar-refractivity contribution is 5.68. The first-order valence-electron chi connectivity index (χ1n) is 12.9. The lowest BCUT2D eigenvalue weighted by Gasteiger charge is -2.35. The zero-order chi connectivity index (χ0) is 40.4. The molecule has 4 atom stereocenters. The number of alkyl halides is 18. The van der Waals surface area contributed by atoms with E-state index in [0.717, 1.165) is 12.1 Å². The molecule has 0 amide bonds. The second kappa shape index (κ2) is 14.5. The maximum Gasteiger partial charge on any atom is 0.460 e. The average molecular weight is 770 g/mol. The number of carboxylic acid groups (broad SMARTS) is 2. The second-order valence-electron chi connectivity index (χ2n) is 11.2. The minimum absolute atomic E-state index is 0.550. The molecule has 0 rings (SSSR count). The number of nitrogens with zero attached hydrogens (tertiary/aromatic N) is 4. The van der Waals surface area contributed by atoms with Gasteiger partial charge in [0.25, 0.3) is 0 Å². The summed E-state index contributed by atoms with van der Waals surface area (Å²) in [4.78, 5) is 22.9. The summed E-state index contributed by atoms with van der Waals surface area (Å²) in [6.45, 7) is 1.10. The Hall–Kier alpha value is -3.74. The van der Waals surface area contributed by atoms with Gasteiger partial charge in [0, 0.05) is 36.6 Å². The zero-order valence-corrected chi connectivity index (χ0v) is 24.6. The van der Waals surface area contributed by atoms with E-state index in [1.807, 2.05) is 0 Å². The quantitative estimate of drug-likeness (QED) is 0.123. The Morgan fingerprint density at radius 2 is 0.780 bits per heavy atom. The van der Waals surface area contributed by atoms with Crippen LogP contribution in [-0.2, 0) is 9.59 Å². The van der Waals surface area contributed by atoms with E-state index in [1.165, 1.54) is 0 Å². The molecule has 4 unspecified atom stereocenters. The molecule has 0 aliphatic carbocycles. The molecule has 0 aromatic heterocycles. The number of rotatable bonds is 18. The van der Waals surface area contributed by atoms with E-state index in [2.05, 4.69) is 10.2 Å². The predicted octanol–water partition coefficient (Wildman–Crippen LogP) is 6.01. The summed E-state index contributed by atoms with van der Waals surface area (Å²) < 4.78 is 236. The smallest absolute Gasteiger partial charge is 0.460 e. The van der Waals surface area contributed by atoms with Gasteiger partial charge in [0.1, 0.15) is 0 Å². The molecule has 0 heterocycles. The van der Waals surface area contributed by atoms with Gasteiger partial charge in [-0.25, -0.2) is 0 Å². The van der Waals surface area contributed by atoms with E-state index in [4.69, 9.17) is 0 Å². The molecule has 8 nitrogen and oxygen atoms in total. The van der Waals surface area contributed by atoms with Crippen LogP contribution in [0.1, 0.15) is 52.4 Å². The van der Waals surface area contributed by atoms with Crippen molar-refractivity contribution in [2.45, 2.75) is 111 Å². The van der Waals surface area contributed by atoms with Crippen LogP contribution in [0.25, 0.3) is 0 Å². The van der Waals surface area contributed by atoms with Crippen molar-refractivity contribution in [3.63, 3.8) is 0 Å². The molecule has 0 radical (unpaired) electrons. The molecule has 50 heavy (non-hydrogen) atoms. The Balaban J connectivity index is 6.21. The van der Waals surface area contributed by atoms with Crippen molar-refractivity contribution in [3.8, 4) is 12.1 Å². The molecular weight excluding hydrogens is 750 g/mol. The maximum atomic E-state index is 13.9. The van der Waals surface area contributed by atoms with Gasteiger partial charge in [-0.2, -0.15) is 99.8 Å². The van der Waals surface area contributed by atoms with E-state index < -0.39 is 121 Å². The predicted molar refractivity (Wildman–Crippen MR) is 119 cm³/mol. The lowest BCUT2D eigenvalue weighted by atomic mass is 9.85. The Morgan fingerprint density at radius 3 is 0.960 bits per heavy atom. The number of hydrogen-bond acceptors (Lipinski definition) is 8. The molecule has 0 aliphatic rings.